The molecule has 0 radical (unpaired) electrons. The van der Waals surface area contributed by atoms with Crippen molar-refractivity contribution in [1.29, 1.82) is 0 Å². The zero-order valence-corrected chi connectivity index (χ0v) is 27.9. The molecule has 2 aliphatic carbocycles. The van der Waals surface area contributed by atoms with Crippen LogP contribution in [0, 0.1) is 0 Å². The third kappa shape index (κ3) is 18.1. The molecule has 3 rings (SSSR count). The minimum Gasteiger partial charge on any atom is -0.465 e. The lowest BCUT2D eigenvalue weighted by molar-refractivity contribution is -0.154. The summed E-state index contributed by atoms with van der Waals surface area (Å²) in [5.41, 5.74) is 0.646. The summed E-state index contributed by atoms with van der Waals surface area (Å²) in [6, 6.07) is 6.83. The summed E-state index contributed by atoms with van der Waals surface area (Å²) in [5, 5.41) is 0. The number of esters is 4. The average molecular weight is 637 g/mol. The number of hydrogen-bond acceptors (Lipinski definition) is 9. The van der Waals surface area contributed by atoms with Gasteiger partial charge in [0, 0.05) is 6.16 Å². The Labute approximate surface area is 265 Å². The summed E-state index contributed by atoms with van der Waals surface area (Å²) in [6.45, 7) is 6.79. The molecule has 1 aromatic carbocycles. The van der Waals surface area contributed by atoms with Gasteiger partial charge in [0.15, 0.2) is 8.46 Å². The molecule has 0 aromatic heterocycles. The molecular weight excluding hydrogens is 583 g/mol. The molecule has 2 fully saturated rings. The van der Waals surface area contributed by atoms with Gasteiger partial charge in [-0.05, 0) is 82.8 Å². The van der Waals surface area contributed by atoms with Gasteiger partial charge in [0.1, 0.15) is 18.6 Å². The minimum absolute atomic E-state index is 0.0197. The first kappa shape index (κ1) is 39.2. The molecule has 2 saturated carbocycles. The number of carbonyl (C=O) groups excluding carboxylic acids is 4. The van der Waals surface area contributed by atoms with Gasteiger partial charge in [-0.2, -0.15) is 0 Å². The Balaban J connectivity index is 0.000000415. The SMILES string of the molecule is CCCCOC(=O)CC(=O)OCCCC.CCCP=O.O=C(OC1CCCCC1)c1ccccc1C(=O)OC1CCCCC1. The molecule has 0 amide bonds. The van der Waals surface area contributed by atoms with Crippen molar-refractivity contribution >= 4 is 32.3 Å². The Hall–Kier alpha value is -2.80. The van der Waals surface area contributed by atoms with Crippen LogP contribution in [-0.2, 0) is 33.1 Å². The lowest BCUT2D eigenvalue weighted by Crippen LogP contribution is -2.24. The number of unbranched alkanes of at least 4 members (excludes halogenated alkanes) is 2. The van der Waals surface area contributed by atoms with Crippen molar-refractivity contribution in [3.8, 4) is 0 Å². The van der Waals surface area contributed by atoms with Gasteiger partial charge in [-0.1, -0.05) is 58.6 Å². The summed E-state index contributed by atoms with van der Waals surface area (Å²) >= 11 is 0. The van der Waals surface area contributed by atoms with Crippen molar-refractivity contribution in [3.05, 3.63) is 35.4 Å². The third-order valence-corrected chi connectivity index (χ3v) is 7.77. The third-order valence-electron chi connectivity index (χ3n) is 7.14. The fraction of sp³-hybridized carbons (Fsp3) is 0.706. The first-order valence-corrected chi connectivity index (χ1v) is 17.5. The molecule has 0 heterocycles. The van der Waals surface area contributed by atoms with Crippen LogP contribution in [0.5, 0.6) is 0 Å². The monoisotopic (exact) mass is 636 g/mol. The Morgan fingerprint density at radius 2 is 1.07 bits per heavy atom. The molecule has 248 valence electrons. The molecular formula is C34H53O9P. The number of carbonyl (C=O) groups is 4. The maximum absolute atomic E-state index is 12.5. The van der Waals surface area contributed by atoms with E-state index in [1.54, 1.807) is 24.3 Å². The zero-order chi connectivity index (χ0) is 32.4. The smallest absolute Gasteiger partial charge is 0.339 e. The molecule has 0 N–H and O–H groups in total. The Bertz CT molecular complexity index is 898. The van der Waals surface area contributed by atoms with Gasteiger partial charge in [-0.15, -0.1) is 0 Å². The summed E-state index contributed by atoms with van der Waals surface area (Å²) < 4.78 is 30.4. The van der Waals surface area contributed by atoms with E-state index in [0.29, 0.717) is 24.3 Å². The topological polar surface area (TPSA) is 122 Å². The number of ether oxygens (including phenoxy) is 4. The minimum atomic E-state index is -0.495. The first-order valence-electron chi connectivity index (χ1n) is 16.5. The second-order valence-electron chi connectivity index (χ2n) is 11.1. The summed E-state index contributed by atoms with van der Waals surface area (Å²) in [6.07, 6.45) is 15.6. The van der Waals surface area contributed by atoms with Crippen molar-refractivity contribution in [2.45, 2.75) is 136 Å². The maximum atomic E-state index is 12.5. The van der Waals surface area contributed by atoms with Crippen LogP contribution >= 0.6 is 8.46 Å². The summed E-state index contributed by atoms with van der Waals surface area (Å²) in [5.74, 6) is -1.80. The standard InChI is InChI=1S/C20H26O4.C11H20O4.C3H7OP/c21-19(23-15-9-3-1-4-10-15)17-13-7-8-14-18(17)20(22)24-16-11-5-2-6-12-16;1-3-5-7-14-10(12)9-11(13)15-8-6-4-2;1-2-3-5-4/h7-8,13-16H,1-6,9-12H2;3-9H2,1-2H3;2-3H2,1H3. The number of hydrogen-bond donors (Lipinski definition) is 0. The van der Waals surface area contributed by atoms with Crippen LogP contribution in [0.2, 0.25) is 0 Å². The van der Waals surface area contributed by atoms with Crippen LogP contribution in [0.4, 0.5) is 0 Å². The van der Waals surface area contributed by atoms with E-state index in [2.05, 4.69) is 0 Å². The molecule has 9 nitrogen and oxygen atoms in total. The van der Waals surface area contributed by atoms with Crippen molar-refractivity contribution in [1.82, 2.24) is 0 Å². The van der Waals surface area contributed by atoms with E-state index >= 15 is 0 Å². The van der Waals surface area contributed by atoms with E-state index < -0.39 is 23.9 Å². The van der Waals surface area contributed by atoms with Crippen molar-refractivity contribution in [3.63, 3.8) is 0 Å². The quantitative estimate of drug-likeness (QED) is 0.0651. The van der Waals surface area contributed by atoms with Crippen LogP contribution in [-0.4, -0.2) is 55.5 Å². The van der Waals surface area contributed by atoms with Gasteiger partial charge in [0.2, 0.25) is 0 Å². The normalized spacial score (nSPS) is 15.1. The molecule has 0 saturated heterocycles. The van der Waals surface area contributed by atoms with Crippen LogP contribution in [0.25, 0.3) is 0 Å². The number of rotatable bonds is 14. The van der Waals surface area contributed by atoms with E-state index in [-0.39, 0.29) is 27.1 Å². The van der Waals surface area contributed by atoms with E-state index in [1.165, 1.54) is 12.8 Å². The highest BCUT2D eigenvalue weighted by Crippen LogP contribution is 2.24. The largest absolute Gasteiger partial charge is 0.465 e. The Kier molecular flexibility index (Phi) is 22.7. The molecule has 44 heavy (non-hydrogen) atoms. The van der Waals surface area contributed by atoms with Crippen molar-refractivity contribution < 1.29 is 42.7 Å². The zero-order valence-electron chi connectivity index (χ0n) is 27.0. The lowest BCUT2D eigenvalue weighted by atomic mass is 9.97. The molecule has 0 bridgehead atoms. The van der Waals surface area contributed by atoms with Gasteiger partial charge >= 0.3 is 23.9 Å². The highest BCUT2D eigenvalue weighted by Gasteiger charge is 2.25. The molecule has 10 heteroatoms. The molecule has 0 spiro atoms. The van der Waals surface area contributed by atoms with Gasteiger partial charge in [0.05, 0.1) is 24.3 Å². The van der Waals surface area contributed by atoms with Gasteiger partial charge in [-0.25, -0.2) is 9.59 Å². The van der Waals surface area contributed by atoms with Crippen LogP contribution in [0.3, 0.4) is 0 Å². The van der Waals surface area contributed by atoms with E-state index in [1.807, 2.05) is 20.8 Å². The highest BCUT2D eigenvalue weighted by atomic mass is 31.1. The average Bonchev–Trinajstić information content (AvgIpc) is 3.03. The van der Waals surface area contributed by atoms with Crippen LogP contribution < -0.4 is 0 Å². The van der Waals surface area contributed by atoms with E-state index in [9.17, 15) is 23.7 Å². The Morgan fingerprint density at radius 3 is 1.39 bits per heavy atom. The predicted octanol–water partition coefficient (Wildman–Crippen LogP) is 8.42. The Morgan fingerprint density at radius 1 is 0.659 bits per heavy atom. The first-order chi connectivity index (χ1) is 21.4. The van der Waals surface area contributed by atoms with Gasteiger partial charge in [-0.3, -0.25) is 14.2 Å². The fourth-order valence-electron chi connectivity index (χ4n) is 4.61. The molecule has 1 aromatic rings. The maximum Gasteiger partial charge on any atom is 0.339 e. The van der Waals surface area contributed by atoms with Crippen molar-refractivity contribution in [2.75, 3.05) is 19.4 Å². The van der Waals surface area contributed by atoms with Gasteiger partial charge in [0.25, 0.3) is 0 Å². The number of benzene rings is 1. The molecule has 0 aliphatic heterocycles. The van der Waals surface area contributed by atoms with Gasteiger partial charge < -0.3 is 18.9 Å². The van der Waals surface area contributed by atoms with Crippen LogP contribution in [0.1, 0.15) is 144 Å². The molecule has 0 atom stereocenters. The summed E-state index contributed by atoms with van der Waals surface area (Å²) in [7, 11) is 0.280. The van der Waals surface area contributed by atoms with Crippen LogP contribution in [0.15, 0.2) is 24.3 Å². The summed E-state index contributed by atoms with van der Waals surface area (Å²) in [4.78, 5) is 47.1. The molecule has 0 unspecified atom stereocenters. The highest BCUT2D eigenvalue weighted by molar-refractivity contribution is 7.23. The van der Waals surface area contributed by atoms with E-state index in [4.69, 9.17) is 18.9 Å². The second kappa shape index (κ2) is 25.5. The lowest BCUT2D eigenvalue weighted by Gasteiger charge is -2.23. The predicted molar refractivity (Wildman–Crippen MR) is 170 cm³/mol. The molecule has 2 aliphatic rings. The van der Waals surface area contributed by atoms with E-state index in [0.717, 1.165) is 89.6 Å². The second-order valence-corrected chi connectivity index (χ2v) is 11.8. The fourth-order valence-corrected chi connectivity index (χ4v) is 4.79. The van der Waals surface area contributed by atoms with Crippen molar-refractivity contribution in [2.24, 2.45) is 0 Å².